The number of nitrogens with one attached hydrogen (secondary N) is 1. The summed E-state index contributed by atoms with van der Waals surface area (Å²) in [5, 5.41) is 0.175. The normalized spacial score (nSPS) is 14.2. The zero-order chi connectivity index (χ0) is 20.2. The van der Waals surface area contributed by atoms with Crippen molar-refractivity contribution in [2.75, 3.05) is 0 Å². The molecule has 0 aromatic heterocycles. The predicted molar refractivity (Wildman–Crippen MR) is 105 cm³/mol. The van der Waals surface area contributed by atoms with Gasteiger partial charge in [0.05, 0.1) is 4.90 Å². The summed E-state index contributed by atoms with van der Waals surface area (Å²) in [5.74, 6) is -0.843. The van der Waals surface area contributed by atoms with E-state index in [1.54, 1.807) is 24.3 Å². The molecule has 144 valence electrons. The SMILES string of the molecule is NC(=O)NC(C(C(=O)c1ccccc1)S(=O)(=O)c1ccccc1)C(Cl)(Cl)Cl. The van der Waals surface area contributed by atoms with Gasteiger partial charge in [-0.3, -0.25) is 4.79 Å². The molecule has 2 aromatic carbocycles. The van der Waals surface area contributed by atoms with Crippen molar-refractivity contribution in [3.05, 3.63) is 66.2 Å². The van der Waals surface area contributed by atoms with E-state index in [-0.39, 0.29) is 10.5 Å². The molecule has 0 saturated heterocycles. The van der Waals surface area contributed by atoms with E-state index >= 15 is 0 Å². The second kappa shape index (κ2) is 8.48. The average molecular weight is 450 g/mol. The Morgan fingerprint density at radius 2 is 1.41 bits per heavy atom. The second-order valence-electron chi connectivity index (χ2n) is 5.54. The molecule has 2 aromatic rings. The number of carbonyl (C=O) groups is 2. The fourth-order valence-electron chi connectivity index (χ4n) is 2.48. The summed E-state index contributed by atoms with van der Waals surface area (Å²) < 4.78 is 24.1. The molecule has 0 aliphatic heterocycles. The first-order valence-electron chi connectivity index (χ1n) is 7.56. The molecule has 0 fully saturated rings. The van der Waals surface area contributed by atoms with E-state index in [1.807, 2.05) is 0 Å². The molecule has 27 heavy (non-hydrogen) atoms. The lowest BCUT2D eigenvalue weighted by molar-refractivity contribution is 0.0975. The van der Waals surface area contributed by atoms with Crippen LogP contribution in [-0.2, 0) is 9.84 Å². The van der Waals surface area contributed by atoms with Gasteiger partial charge in [0.15, 0.2) is 20.9 Å². The Balaban J connectivity index is 2.68. The highest BCUT2D eigenvalue weighted by Crippen LogP contribution is 2.36. The first kappa shape index (κ1) is 21.5. The molecule has 2 amide bonds. The van der Waals surface area contributed by atoms with Crippen molar-refractivity contribution in [3.63, 3.8) is 0 Å². The van der Waals surface area contributed by atoms with Gasteiger partial charge in [-0.1, -0.05) is 83.3 Å². The lowest BCUT2D eigenvalue weighted by Crippen LogP contribution is -2.58. The number of urea groups is 1. The molecule has 10 heteroatoms. The van der Waals surface area contributed by atoms with Crippen molar-refractivity contribution in [1.82, 2.24) is 5.32 Å². The van der Waals surface area contributed by atoms with Crippen molar-refractivity contribution in [2.45, 2.75) is 20.0 Å². The van der Waals surface area contributed by atoms with Crippen molar-refractivity contribution in [3.8, 4) is 0 Å². The summed E-state index contributed by atoms with van der Waals surface area (Å²) in [6.07, 6.45) is 0. The maximum Gasteiger partial charge on any atom is 0.312 e. The van der Waals surface area contributed by atoms with Crippen LogP contribution in [0.4, 0.5) is 4.79 Å². The minimum atomic E-state index is -4.35. The molecule has 0 aliphatic carbocycles. The maximum atomic E-state index is 13.2. The Morgan fingerprint density at radius 1 is 0.926 bits per heavy atom. The molecular formula is C17H15Cl3N2O4S. The third-order valence-electron chi connectivity index (χ3n) is 3.68. The summed E-state index contributed by atoms with van der Waals surface area (Å²) in [7, 11) is -4.35. The standard InChI is InChI=1S/C17H15Cl3N2O4S/c18-17(19,20)15(22-16(21)24)14(13(23)11-7-3-1-4-8-11)27(25,26)12-9-5-2-6-10-12/h1-10,14-15H,(H3,21,22,24). The summed E-state index contributed by atoms with van der Waals surface area (Å²) >= 11 is 17.7. The number of sulfone groups is 1. The van der Waals surface area contributed by atoms with E-state index in [1.165, 1.54) is 36.4 Å². The summed E-state index contributed by atoms with van der Waals surface area (Å²) in [6.45, 7) is 0. The summed E-state index contributed by atoms with van der Waals surface area (Å²) in [4.78, 5) is 24.3. The zero-order valence-corrected chi connectivity index (χ0v) is 16.8. The molecule has 2 atom stereocenters. The van der Waals surface area contributed by atoms with Gasteiger partial charge in [-0.15, -0.1) is 0 Å². The summed E-state index contributed by atoms with van der Waals surface area (Å²) in [6, 6.07) is 12.0. The number of rotatable bonds is 6. The number of ketones is 1. The smallest absolute Gasteiger partial charge is 0.312 e. The van der Waals surface area contributed by atoms with Crippen LogP contribution in [0.1, 0.15) is 10.4 Å². The quantitative estimate of drug-likeness (QED) is 0.522. The number of amides is 2. The molecule has 3 N–H and O–H groups in total. The number of Topliss-reactive ketones (excluding diaryl/α,β-unsaturated/α-hetero) is 1. The molecule has 0 aliphatic rings. The van der Waals surface area contributed by atoms with E-state index in [9.17, 15) is 18.0 Å². The average Bonchev–Trinajstić information content (AvgIpc) is 2.61. The van der Waals surface area contributed by atoms with Gasteiger partial charge in [-0.05, 0) is 12.1 Å². The van der Waals surface area contributed by atoms with Gasteiger partial charge in [0, 0.05) is 5.56 Å². The van der Waals surface area contributed by atoms with Crippen LogP contribution in [0.15, 0.2) is 65.6 Å². The number of primary amides is 1. The molecule has 2 rings (SSSR count). The van der Waals surface area contributed by atoms with Crippen LogP contribution < -0.4 is 11.1 Å². The van der Waals surface area contributed by atoms with Crippen LogP contribution >= 0.6 is 34.8 Å². The van der Waals surface area contributed by atoms with E-state index in [2.05, 4.69) is 5.32 Å². The zero-order valence-electron chi connectivity index (χ0n) is 13.7. The second-order valence-corrected chi connectivity index (χ2v) is 9.98. The van der Waals surface area contributed by atoms with Crippen LogP contribution in [0.5, 0.6) is 0 Å². The first-order chi connectivity index (χ1) is 12.5. The third-order valence-corrected chi connectivity index (χ3v) is 6.47. The van der Waals surface area contributed by atoms with Crippen LogP contribution in [-0.4, -0.2) is 35.3 Å². The number of nitrogens with two attached hydrogens (primary N) is 1. The largest absolute Gasteiger partial charge is 0.352 e. The van der Waals surface area contributed by atoms with E-state index in [0.29, 0.717) is 0 Å². The van der Waals surface area contributed by atoms with Gasteiger partial charge in [-0.25, -0.2) is 13.2 Å². The molecule has 0 saturated carbocycles. The van der Waals surface area contributed by atoms with Crippen molar-refractivity contribution in [2.24, 2.45) is 5.73 Å². The number of alkyl halides is 3. The predicted octanol–water partition coefficient (Wildman–Crippen LogP) is 3.12. The Kier molecular flexibility index (Phi) is 6.75. The molecule has 0 heterocycles. The van der Waals surface area contributed by atoms with E-state index in [4.69, 9.17) is 40.5 Å². The van der Waals surface area contributed by atoms with Gasteiger partial charge < -0.3 is 11.1 Å². The number of benzene rings is 2. The van der Waals surface area contributed by atoms with Gasteiger partial charge in [0.25, 0.3) is 0 Å². The Bertz CT molecular complexity index is 916. The van der Waals surface area contributed by atoms with Crippen molar-refractivity contribution < 1.29 is 18.0 Å². The Hall–Kier alpha value is -1.80. The van der Waals surface area contributed by atoms with Crippen molar-refractivity contribution in [1.29, 1.82) is 0 Å². The Labute approximate surface area is 171 Å². The monoisotopic (exact) mass is 448 g/mol. The third kappa shape index (κ3) is 5.13. The lowest BCUT2D eigenvalue weighted by Gasteiger charge is -2.31. The topological polar surface area (TPSA) is 106 Å². The summed E-state index contributed by atoms with van der Waals surface area (Å²) in [5.41, 5.74) is 5.19. The minimum absolute atomic E-state index is 0.0764. The molecule has 6 nitrogen and oxygen atoms in total. The highest BCUT2D eigenvalue weighted by molar-refractivity contribution is 7.93. The lowest BCUT2D eigenvalue weighted by atomic mass is 10.0. The number of halogens is 3. The van der Waals surface area contributed by atoms with Crippen LogP contribution in [0.3, 0.4) is 0 Å². The molecule has 0 radical (unpaired) electrons. The van der Waals surface area contributed by atoms with E-state index < -0.39 is 36.7 Å². The van der Waals surface area contributed by atoms with Crippen LogP contribution in [0.2, 0.25) is 0 Å². The van der Waals surface area contributed by atoms with Crippen LogP contribution in [0.25, 0.3) is 0 Å². The van der Waals surface area contributed by atoms with Gasteiger partial charge >= 0.3 is 6.03 Å². The first-order valence-corrected chi connectivity index (χ1v) is 10.2. The van der Waals surface area contributed by atoms with Gasteiger partial charge in [-0.2, -0.15) is 0 Å². The molecule has 2 unspecified atom stereocenters. The fraction of sp³-hybridized carbons (Fsp3) is 0.176. The molecular weight excluding hydrogens is 435 g/mol. The van der Waals surface area contributed by atoms with Gasteiger partial charge in [0.2, 0.25) is 3.79 Å². The highest BCUT2D eigenvalue weighted by Gasteiger charge is 2.50. The fourth-order valence-corrected chi connectivity index (χ4v) is 5.12. The number of hydrogen-bond acceptors (Lipinski definition) is 4. The van der Waals surface area contributed by atoms with Crippen molar-refractivity contribution >= 4 is 56.5 Å². The number of carbonyl (C=O) groups excluding carboxylic acids is 2. The number of hydrogen-bond donors (Lipinski definition) is 2. The van der Waals surface area contributed by atoms with E-state index in [0.717, 1.165) is 0 Å². The molecule has 0 bridgehead atoms. The Morgan fingerprint density at radius 3 is 1.85 bits per heavy atom. The van der Waals surface area contributed by atoms with Gasteiger partial charge in [0.1, 0.15) is 6.04 Å². The highest BCUT2D eigenvalue weighted by atomic mass is 35.6. The minimum Gasteiger partial charge on any atom is -0.352 e. The molecule has 0 spiro atoms. The maximum absolute atomic E-state index is 13.2. The van der Waals surface area contributed by atoms with Crippen LogP contribution in [0, 0.1) is 0 Å².